The molecule has 13 heavy (non-hydrogen) atoms. The molecule has 0 aromatic heterocycles. The van der Waals surface area contributed by atoms with Crippen LogP contribution in [0, 0.1) is 11.8 Å². The van der Waals surface area contributed by atoms with Crippen molar-refractivity contribution in [3.63, 3.8) is 0 Å². The number of amides is 1. The number of ether oxygens (including phenoxy) is 1. The molecule has 2 fully saturated rings. The second-order valence-electron chi connectivity index (χ2n) is 3.84. The summed E-state index contributed by atoms with van der Waals surface area (Å²) in [6.45, 7) is 2.47. The molecule has 1 aliphatic heterocycles. The summed E-state index contributed by atoms with van der Waals surface area (Å²) in [6.07, 6.45) is 1.57. The number of hydrogen-bond acceptors (Lipinski definition) is 3. The fourth-order valence-electron chi connectivity index (χ4n) is 1.59. The number of nitrogens with one attached hydrogen (secondary N) is 1. The lowest BCUT2D eigenvalue weighted by molar-refractivity contribution is -0.141. The van der Waals surface area contributed by atoms with Crippen LogP contribution in [0.2, 0.25) is 0 Å². The Morgan fingerprint density at radius 2 is 2.31 bits per heavy atom. The van der Waals surface area contributed by atoms with Crippen LogP contribution in [-0.4, -0.2) is 24.5 Å². The Hall–Kier alpha value is -1.06. The van der Waals surface area contributed by atoms with E-state index in [4.69, 9.17) is 4.74 Å². The van der Waals surface area contributed by atoms with Crippen LogP contribution in [0.15, 0.2) is 0 Å². The van der Waals surface area contributed by atoms with Gasteiger partial charge >= 0.3 is 5.97 Å². The molecule has 4 nitrogen and oxygen atoms in total. The van der Waals surface area contributed by atoms with Crippen LogP contribution in [0.4, 0.5) is 0 Å². The number of rotatable bonds is 2. The molecule has 1 saturated heterocycles. The maximum atomic E-state index is 11.4. The van der Waals surface area contributed by atoms with Crippen LogP contribution < -0.4 is 5.32 Å². The van der Waals surface area contributed by atoms with Gasteiger partial charge < -0.3 is 10.1 Å². The van der Waals surface area contributed by atoms with Gasteiger partial charge in [-0.1, -0.05) is 6.92 Å². The van der Waals surface area contributed by atoms with Crippen molar-refractivity contribution in [1.29, 1.82) is 0 Å². The predicted molar refractivity (Wildman–Crippen MR) is 44.8 cm³/mol. The molecule has 0 bridgehead atoms. The maximum Gasteiger partial charge on any atom is 0.328 e. The molecule has 2 rings (SSSR count). The zero-order valence-corrected chi connectivity index (χ0v) is 7.58. The molecule has 1 unspecified atom stereocenters. The molecule has 4 heteroatoms. The van der Waals surface area contributed by atoms with E-state index >= 15 is 0 Å². The first-order valence-corrected chi connectivity index (χ1v) is 4.65. The van der Waals surface area contributed by atoms with E-state index in [-0.39, 0.29) is 23.8 Å². The van der Waals surface area contributed by atoms with Gasteiger partial charge in [0.2, 0.25) is 5.91 Å². The Kier molecular flexibility index (Phi) is 1.98. The lowest BCUT2D eigenvalue weighted by Crippen LogP contribution is -2.39. The summed E-state index contributed by atoms with van der Waals surface area (Å²) in [4.78, 5) is 22.4. The molecule has 0 radical (unpaired) electrons. The Labute approximate surface area is 76.6 Å². The molecule has 0 aromatic carbocycles. The highest BCUT2D eigenvalue weighted by Gasteiger charge is 2.41. The van der Waals surface area contributed by atoms with Crippen molar-refractivity contribution in [1.82, 2.24) is 5.32 Å². The largest absolute Gasteiger partial charge is 0.464 e. The van der Waals surface area contributed by atoms with Crippen molar-refractivity contribution in [2.24, 2.45) is 11.8 Å². The van der Waals surface area contributed by atoms with E-state index in [0.717, 1.165) is 6.42 Å². The van der Waals surface area contributed by atoms with Gasteiger partial charge in [0, 0.05) is 12.3 Å². The fraction of sp³-hybridized carbons (Fsp3) is 0.778. The first-order valence-electron chi connectivity index (χ1n) is 4.65. The van der Waals surface area contributed by atoms with Crippen LogP contribution in [0.1, 0.15) is 19.8 Å². The average molecular weight is 183 g/mol. The maximum absolute atomic E-state index is 11.4. The number of carbonyl (C=O) groups is 2. The van der Waals surface area contributed by atoms with Crippen LogP contribution in [-0.2, 0) is 14.3 Å². The van der Waals surface area contributed by atoms with Crippen LogP contribution >= 0.6 is 0 Å². The van der Waals surface area contributed by atoms with Gasteiger partial charge in [0.25, 0.3) is 0 Å². The first kappa shape index (κ1) is 8.53. The van der Waals surface area contributed by atoms with Gasteiger partial charge in [0.1, 0.15) is 6.04 Å². The van der Waals surface area contributed by atoms with E-state index in [0.29, 0.717) is 18.9 Å². The summed E-state index contributed by atoms with van der Waals surface area (Å²) in [5, 5.41) is 2.71. The lowest BCUT2D eigenvalue weighted by atomic mass is 10.2. The van der Waals surface area contributed by atoms with Gasteiger partial charge in [0.15, 0.2) is 0 Å². The summed E-state index contributed by atoms with van der Waals surface area (Å²) < 4.78 is 4.74. The van der Waals surface area contributed by atoms with E-state index in [2.05, 4.69) is 5.32 Å². The molecule has 0 aromatic rings. The highest BCUT2D eigenvalue weighted by atomic mass is 16.5. The molecule has 2 aliphatic rings. The van der Waals surface area contributed by atoms with E-state index in [1.54, 1.807) is 0 Å². The Bertz CT molecular complexity index is 251. The minimum Gasteiger partial charge on any atom is -0.464 e. The predicted octanol–water partition coefficient (Wildman–Crippen LogP) is 0.0741. The average Bonchev–Trinajstić information content (AvgIpc) is 2.68. The number of hydrogen-bond donors (Lipinski definition) is 1. The second kappa shape index (κ2) is 3.01. The highest BCUT2D eigenvalue weighted by molar-refractivity contribution is 5.87. The standard InChI is InChI=1S/C9H13NO3/c1-5-4-6(5)8(11)10-7-2-3-13-9(7)12/h5-7H,2-4H2,1H3,(H,10,11)/t5-,6-,7?/m1/s1. The van der Waals surface area contributed by atoms with Crippen molar-refractivity contribution in [3.05, 3.63) is 0 Å². The fourth-order valence-corrected chi connectivity index (χ4v) is 1.59. The second-order valence-corrected chi connectivity index (χ2v) is 3.84. The van der Waals surface area contributed by atoms with Crippen molar-refractivity contribution in [2.75, 3.05) is 6.61 Å². The SMILES string of the molecule is C[C@@H]1C[C@H]1C(=O)NC1CCOC1=O. The number of carbonyl (C=O) groups excluding carboxylic acids is 2. The summed E-state index contributed by atoms with van der Waals surface area (Å²) in [5.74, 6) is 0.337. The van der Waals surface area contributed by atoms with Gasteiger partial charge in [-0.15, -0.1) is 0 Å². The van der Waals surface area contributed by atoms with Gasteiger partial charge in [-0.3, -0.25) is 4.79 Å². The monoisotopic (exact) mass is 183 g/mol. The quantitative estimate of drug-likeness (QED) is 0.616. The Morgan fingerprint density at radius 1 is 1.62 bits per heavy atom. The van der Waals surface area contributed by atoms with Crippen molar-refractivity contribution < 1.29 is 14.3 Å². The molecule has 1 aliphatic carbocycles. The van der Waals surface area contributed by atoms with E-state index in [1.807, 2.05) is 6.92 Å². The number of esters is 1. The van der Waals surface area contributed by atoms with Crippen molar-refractivity contribution in [3.8, 4) is 0 Å². The molecular formula is C9H13NO3. The minimum atomic E-state index is -0.389. The van der Waals surface area contributed by atoms with Gasteiger partial charge in [-0.25, -0.2) is 4.79 Å². The minimum absolute atomic E-state index is 0.0105. The first-order chi connectivity index (χ1) is 6.18. The van der Waals surface area contributed by atoms with Crippen molar-refractivity contribution in [2.45, 2.75) is 25.8 Å². The van der Waals surface area contributed by atoms with E-state index in [1.165, 1.54) is 0 Å². The zero-order valence-electron chi connectivity index (χ0n) is 7.58. The third-order valence-corrected chi connectivity index (χ3v) is 2.70. The topological polar surface area (TPSA) is 55.4 Å². The third-order valence-electron chi connectivity index (χ3n) is 2.70. The molecule has 1 heterocycles. The molecule has 1 N–H and O–H groups in total. The van der Waals surface area contributed by atoms with Gasteiger partial charge in [0.05, 0.1) is 6.61 Å². The van der Waals surface area contributed by atoms with Crippen LogP contribution in [0.25, 0.3) is 0 Å². The number of cyclic esters (lactones) is 1. The molecule has 1 saturated carbocycles. The van der Waals surface area contributed by atoms with Gasteiger partial charge in [-0.2, -0.15) is 0 Å². The molecular weight excluding hydrogens is 170 g/mol. The Morgan fingerprint density at radius 3 is 2.77 bits per heavy atom. The third kappa shape index (κ3) is 1.66. The molecule has 1 amide bonds. The van der Waals surface area contributed by atoms with Crippen molar-refractivity contribution >= 4 is 11.9 Å². The molecule has 0 spiro atoms. The lowest BCUT2D eigenvalue weighted by Gasteiger charge is -2.07. The summed E-state index contributed by atoms with van der Waals surface area (Å²) in [7, 11) is 0. The summed E-state index contributed by atoms with van der Waals surface area (Å²) in [6, 6.07) is -0.389. The normalized spacial score (nSPS) is 37.0. The molecule has 72 valence electrons. The summed E-state index contributed by atoms with van der Waals surface area (Å²) >= 11 is 0. The zero-order chi connectivity index (χ0) is 9.42. The van der Waals surface area contributed by atoms with Gasteiger partial charge in [-0.05, 0) is 12.3 Å². The highest BCUT2D eigenvalue weighted by Crippen LogP contribution is 2.37. The van der Waals surface area contributed by atoms with Crippen LogP contribution in [0.3, 0.4) is 0 Å². The van der Waals surface area contributed by atoms with E-state index < -0.39 is 0 Å². The smallest absolute Gasteiger partial charge is 0.328 e. The Balaban J connectivity index is 1.83. The van der Waals surface area contributed by atoms with E-state index in [9.17, 15) is 9.59 Å². The molecule has 3 atom stereocenters. The van der Waals surface area contributed by atoms with Crippen LogP contribution in [0.5, 0.6) is 0 Å². The summed E-state index contributed by atoms with van der Waals surface area (Å²) in [5.41, 5.74) is 0.